The van der Waals surface area contributed by atoms with E-state index < -0.39 is 0 Å². The highest BCUT2D eigenvalue weighted by molar-refractivity contribution is 7.09. The molecule has 0 aliphatic carbocycles. The quantitative estimate of drug-likeness (QED) is 0.818. The summed E-state index contributed by atoms with van der Waals surface area (Å²) in [6, 6.07) is 0. The molecule has 0 fully saturated rings. The van der Waals surface area contributed by atoms with Crippen molar-refractivity contribution in [1.29, 1.82) is 0 Å². The second kappa shape index (κ2) is 4.37. The summed E-state index contributed by atoms with van der Waals surface area (Å²) >= 11 is 1.74. The Hall–Kier alpha value is -1.16. The van der Waals surface area contributed by atoms with Crippen molar-refractivity contribution >= 4 is 11.3 Å². The third-order valence-electron chi connectivity index (χ3n) is 2.42. The molecule has 0 aliphatic heterocycles. The lowest BCUT2D eigenvalue weighted by atomic mass is 10.1. The van der Waals surface area contributed by atoms with Gasteiger partial charge in [0.2, 0.25) is 0 Å². The van der Waals surface area contributed by atoms with Gasteiger partial charge in [0.05, 0.1) is 16.4 Å². The highest BCUT2D eigenvalue weighted by Crippen LogP contribution is 2.25. The minimum atomic E-state index is 0.661. The van der Waals surface area contributed by atoms with Gasteiger partial charge in [-0.05, 0) is 12.8 Å². The molecule has 2 heterocycles. The van der Waals surface area contributed by atoms with Gasteiger partial charge in [-0.1, -0.05) is 13.8 Å². The van der Waals surface area contributed by atoms with Gasteiger partial charge >= 0.3 is 0 Å². The fourth-order valence-electron chi connectivity index (χ4n) is 1.73. The lowest BCUT2D eigenvalue weighted by Crippen LogP contribution is -1.92. The molecular formula is C12H17N3S. The van der Waals surface area contributed by atoms with Crippen molar-refractivity contribution in [2.75, 3.05) is 0 Å². The number of nitrogens with zero attached hydrogens (tertiary/aromatic N) is 3. The Morgan fingerprint density at radius 2 is 2.19 bits per heavy atom. The van der Waals surface area contributed by atoms with Crippen molar-refractivity contribution in [2.24, 2.45) is 13.0 Å². The van der Waals surface area contributed by atoms with E-state index in [-0.39, 0.29) is 0 Å². The van der Waals surface area contributed by atoms with Crippen LogP contribution < -0.4 is 0 Å². The van der Waals surface area contributed by atoms with Crippen LogP contribution in [0.2, 0.25) is 0 Å². The first kappa shape index (κ1) is 11.3. The van der Waals surface area contributed by atoms with Gasteiger partial charge in [0.25, 0.3) is 0 Å². The summed E-state index contributed by atoms with van der Waals surface area (Å²) in [5, 5.41) is 7.68. The predicted octanol–water partition coefficient (Wildman–Crippen LogP) is 3.05. The van der Waals surface area contributed by atoms with E-state index in [0.717, 1.165) is 23.4 Å². The Morgan fingerprint density at radius 1 is 1.44 bits per heavy atom. The van der Waals surface area contributed by atoms with E-state index in [1.54, 1.807) is 11.3 Å². The van der Waals surface area contributed by atoms with Crippen LogP contribution in [0, 0.1) is 12.8 Å². The molecule has 0 spiro atoms. The van der Waals surface area contributed by atoms with E-state index in [1.807, 2.05) is 24.9 Å². The summed E-state index contributed by atoms with van der Waals surface area (Å²) in [6.07, 6.45) is 3.09. The average Bonchev–Trinajstić information content (AvgIpc) is 2.72. The molecule has 86 valence electrons. The largest absolute Gasteiger partial charge is 0.275 e. The van der Waals surface area contributed by atoms with Crippen LogP contribution in [0.15, 0.2) is 11.6 Å². The first-order chi connectivity index (χ1) is 7.56. The van der Waals surface area contributed by atoms with Crippen LogP contribution in [-0.4, -0.2) is 14.8 Å². The first-order valence-corrected chi connectivity index (χ1v) is 6.39. The highest BCUT2D eigenvalue weighted by atomic mass is 32.1. The number of aryl methyl sites for hydroxylation is 2. The van der Waals surface area contributed by atoms with E-state index in [4.69, 9.17) is 0 Å². The van der Waals surface area contributed by atoms with Gasteiger partial charge in [0.15, 0.2) is 0 Å². The molecule has 4 heteroatoms. The minimum absolute atomic E-state index is 0.661. The Kier molecular flexibility index (Phi) is 3.10. The Labute approximate surface area is 100 Å². The van der Waals surface area contributed by atoms with Gasteiger partial charge < -0.3 is 0 Å². The standard InChI is InChI=1S/C12H17N3S/c1-8(2)5-12-13-11(7-16-12)10-6-15(4)14-9(10)3/h6-8H,5H2,1-4H3. The molecule has 0 unspecified atom stereocenters. The maximum atomic E-state index is 4.66. The molecule has 0 bridgehead atoms. The lowest BCUT2D eigenvalue weighted by molar-refractivity contribution is 0.645. The molecule has 16 heavy (non-hydrogen) atoms. The molecular weight excluding hydrogens is 218 g/mol. The summed E-state index contributed by atoms with van der Waals surface area (Å²) in [6.45, 7) is 6.46. The first-order valence-electron chi connectivity index (χ1n) is 5.51. The molecule has 0 radical (unpaired) electrons. The zero-order valence-electron chi connectivity index (χ0n) is 10.2. The number of hydrogen-bond acceptors (Lipinski definition) is 3. The molecule has 0 saturated heterocycles. The molecule has 0 amide bonds. The van der Waals surface area contributed by atoms with Crippen molar-refractivity contribution in [3.8, 4) is 11.3 Å². The van der Waals surface area contributed by atoms with Gasteiger partial charge in [0.1, 0.15) is 0 Å². The monoisotopic (exact) mass is 235 g/mol. The van der Waals surface area contributed by atoms with E-state index in [1.165, 1.54) is 5.01 Å². The average molecular weight is 235 g/mol. The van der Waals surface area contributed by atoms with Crippen molar-refractivity contribution in [3.05, 3.63) is 22.3 Å². The van der Waals surface area contributed by atoms with Crippen LogP contribution in [0.25, 0.3) is 11.3 Å². The van der Waals surface area contributed by atoms with Crippen LogP contribution in [0.5, 0.6) is 0 Å². The van der Waals surface area contributed by atoms with Crippen molar-refractivity contribution in [3.63, 3.8) is 0 Å². The van der Waals surface area contributed by atoms with Crippen molar-refractivity contribution < 1.29 is 0 Å². The van der Waals surface area contributed by atoms with Crippen molar-refractivity contribution in [2.45, 2.75) is 27.2 Å². The Morgan fingerprint density at radius 3 is 2.75 bits per heavy atom. The molecule has 2 aromatic heterocycles. The molecule has 0 aromatic carbocycles. The Bertz CT molecular complexity index is 482. The van der Waals surface area contributed by atoms with Crippen molar-refractivity contribution in [1.82, 2.24) is 14.8 Å². The molecule has 2 rings (SSSR count). The normalized spacial score (nSPS) is 11.3. The molecule has 0 N–H and O–H groups in total. The van der Waals surface area contributed by atoms with E-state index in [2.05, 4.69) is 29.3 Å². The van der Waals surface area contributed by atoms with E-state index in [9.17, 15) is 0 Å². The number of rotatable bonds is 3. The van der Waals surface area contributed by atoms with Crippen LogP contribution >= 0.6 is 11.3 Å². The number of aromatic nitrogens is 3. The highest BCUT2D eigenvalue weighted by Gasteiger charge is 2.10. The fourth-order valence-corrected chi connectivity index (χ4v) is 2.74. The SMILES string of the molecule is Cc1nn(C)cc1-c1csc(CC(C)C)n1. The molecule has 0 aliphatic rings. The zero-order valence-corrected chi connectivity index (χ0v) is 11.0. The van der Waals surface area contributed by atoms with Crippen LogP contribution in [-0.2, 0) is 13.5 Å². The molecule has 2 aromatic rings. The van der Waals surface area contributed by atoms with Gasteiger partial charge in [0, 0.05) is 30.6 Å². The third kappa shape index (κ3) is 2.32. The summed E-state index contributed by atoms with van der Waals surface area (Å²) in [7, 11) is 1.94. The predicted molar refractivity (Wildman–Crippen MR) is 67.6 cm³/mol. The van der Waals surface area contributed by atoms with Crippen LogP contribution in [0.3, 0.4) is 0 Å². The van der Waals surface area contributed by atoms with Crippen LogP contribution in [0.1, 0.15) is 24.5 Å². The molecule has 3 nitrogen and oxygen atoms in total. The summed E-state index contributed by atoms with van der Waals surface area (Å²) in [5.74, 6) is 0.661. The summed E-state index contributed by atoms with van der Waals surface area (Å²) < 4.78 is 1.84. The number of hydrogen-bond donors (Lipinski definition) is 0. The second-order valence-electron chi connectivity index (χ2n) is 4.53. The van der Waals surface area contributed by atoms with Gasteiger partial charge in [-0.3, -0.25) is 4.68 Å². The zero-order chi connectivity index (χ0) is 11.7. The van der Waals surface area contributed by atoms with Crippen LogP contribution in [0.4, 0.5) is 0 Å². The Balaban J connectivity index is 2.28. The van der Waals surface area contributed by atoms with Gasteiger partial charge in [-0.2, -0.15) is 5.10 Å². The maximum absolute atomic E-state index is 4.66. The third-order valence-corrected chi connectivity index (χ3v) is 3.30. The maximum Gasteiger partial charge on any atom is 0.0935 e. The fraction of sp³-hybridized carbons (Fsp3) is 0.500. The minimum Gasteiger partial charge on any atom is -0.275 e. The molecule has 0 saturated carbocycles. The smallest absolute Gasteiger partial charge is 0.0935 e. The van der Waals surface area contributed by atoms with E-state index >= 15 is 0 Å². The number of thiazole rings is 1. The molecule has 0 atom stereocenters. The lowest BCUT2D eigenvalue weighted by Gasteiger charge is -1.98. The van der Waals surface area contributed by atoms with E-state index in [0.29, 0.717) is 5.92 Å². The topological polar surface area (TPSA) is 30.7 Å². The summed E-state index contributed by atoms with van der Waals surface area (Å²) in [4.78, 5) is 4.66. The van der Waals surface area contributed by atoms with Gasteiger partial charge in [-0.15, -0.1) is 11.3 Å². The van der Waals surface area contributed by atoms with Gasteiger partial charge in [-0.25, -0.2) is 4.98 Å². The summed E-state index contributed by atoms with van der Waals surface area (Å²) in [5.41, 5.74) is 3.25. The second-order valence-corrected chi connectivity index (χ2v) is 5.47.